The minimum absolute atomic E-state index is 0.0544. The molecule has 1 aliphatic rings. The van der Waals surface area contributed by atoms with E-state index in [4.69, 9.17) is 4.74 Å². The summed E-state index contributed by atoms with van der Waals surface area (Å²) < 4.78 is 10.2. The maximum absolute atomic E-state index is 12.5. The van der Waals surface area contributed by atoms with E-state index in [1.807, 2.05) is 36.4 Å². The molecule has 0 aliphatic heterocycles. The predicted octanol–water partition coefficient (Wildman–Crippen LogP) is 4.96. The number of carboxylic acid groups (broad SMARTS) is 1. The van der Waals surface area contributed by atoms with Crippen molar-refractivity contribution >= 4 is 39.5 Å². The van der Waals surface area contributed by atoms with Gasteiger partial charge in [0.1, 0.15) is 6.61 Å². The Kier molecular flexibility index (Phi) is 5.64. The number of alkyl carbamates (subject to hydrolysis) is 1. The number of aromatic nitrogens is 1. The number of carbonyl (C=O) groups is 2. The van der Waals surface area contributed by atoms with Gasteiger partial charge < -0.3 is 15.2 Å². The summed E-state index contributed by atoms with van der Waals surface area (Å²) in [5, 5.41) is 11.8. The van der Waals surface area contributed by atoms with Crippen LogP contribution in [-0.4, -0.2) is 28.1 Å². The van der Waals surface area contributed by atoms with Crippen LogP contribution in [0, 0.1) is 0 Å². The van der Waals surface area contributed by atoms with Gasteiger partial charge in [0.2, 0.25) is 0 Å². The van der Waals surface area contributed by atoms with Crippen LogP contribution in [0.2, 0.25) is 0 Å². The van der Waals surface area contributed by atoms with E-state index in [2.05, 4.69) is 37.8 Å². The Bertz CT molecular complexity index is 1020. The molecule has 0 radical (unpaired) electrons. The number of carbonyl (C=O) groups excluding carboxylic acids is 1. The molecule has 148 valence electrons. The number of nitrogens with one attached hydrogen (secondary N) is 1. The summed E-state index contributed by atoms with van der Waals surface area (Å²) in [6, 6.07) is 15.4. The molecule has 3 aromatic rings. The maximum Gasteiger partial charge on any atom is 0.407 e. The van der Waals surface area contributed by atoms with Gasteiger partial charge in [0, 0.05) is 5.92 Å². The second kappa shape index (κ2) is 8.34. The quantitative estimate of drug-likeness (QED) is 0.529. The molecule has 8 heteroatoms. The molecule has 0 spiro atoms. The zero-order valence-electron chi connectivity index (χ0n) is 15.2. The van der Waals surface area contributed by atoms with E-state index in [1.54, 1.807) is 6.20 Å². The van der Waals surface area contributed by atoms with Crippen molar-refractivity contribution in [1.29, 1.82) is 0 Å². The Morgan fingerprint density at radius 3 is 2.31 bits per heavy atom. The van der Waals surface area contributed by atoms with Gasteiger partial charge in [-0.15, -0.1) is 0 Å². The zero-order valence-corrected chi connectivity index (χ0v) is 17.6. The molecule has 1 amide bonds. The number of rotatable bonds is 6. The molecule has 0 saturated carbocycles. The standard InChI is InChI=1S/C21H17BrN2O4S/c22-17-10-23-29-20(17)18(9-19(25)26)24-21(27)28-11-16-14-7-3-1-5-12(14)13-6-2-4-8-15(13)16/h1-8,10,16,18H,9,11H2,(H,24,27)(H,25,26). The third-order valence-electron chi connectivity index (χ3n) is 4.88. The van der Waals surface area contributed by atoms with Gasteiger partial charge in [-0.2, -0.15) is 4.37 Å². The molecular formula is C21H17BrN2O4S. The molecule has 2 aromatic carbocycles. The highest BCUT2D eigenvalue weighted by Gasteiger charge is 2.30. The molecule has 0 bridgehead atoms. The van der Waals surface area contributed by atoms with Crippen LogP contribution >= 0.6 is 27.5 Å². The van der Waals surface area contributed by atoms with Crippen LogP contribution in [0.25, 0.3) is 11.1 Å². The number of nitrogens with zero attached hydrogens (tertiary/aromatic N) is 1. The van der Waals surface area contributed by atoms with Gasteiger partial charge in [-0.1, -0.05) is 48.5 Å². The first-order chi connectivity index (χ1) is 14.0. The second-order valence-electron chi connectivity index (χ2n) is 6.66. The van der Waals surface area contributed by atoms with Gasteiger partial charge in [0.15, 0.2) is 0 Å². The molecule has 0 saturated heterocycles. The van der Waals surface area contributed by atoms with Gasteiger partial charge in [0.25, 0.3) is 0 Å². The van der Waals surface area contributed by atoms with E-state index in [9.17, 15) is 14.7 Å². The summed E-state index contributed by atoms with van der Waals surface area (Å²) in [7, 11) is 0. The van der Waals surface area contributed by atoms with Crippen molar-refractivity contribution in [3.05, 3.63) is 75.2 Å². The summed E-state index contributed by atoms with van der Waals surface area (Å²) in [5.41, 5.74) is 4.53. The molecule has 0 fully saturated rings. The number of hydrogen-bond acceptors (Lipinski definition) is 5. The van der Waals surface area contributed by atoms with E-state index < -0.39 is 18.1 Å². The Balaban J connectivity index is 1.48. The third-order valence-corrected chi connectivity index (χ3v) is 6.69. The van der Waals surface area contributed by atoms with Crippen molar-refractivity contribution in [2.45, 2.75) is 18.4 Å². The lowest BCUT2D eigenvalue weighted by molar-refractivity contribution is -0.137. The van der Waals surface area contributed by atoms with E-state index >= 15 is 0 Å². The highest BCUT2D eigenvalue weighted by molar-refractivity contribution is 9.10. The lowest BCUT2D eigenvalue weighted by Gasteiger charge is -2.18. The first-order valence-corrected chi connectivity index (χ1v) is 10.5. The molecule has 1 unspecified atom stereocenters. The van der Waals surface area contributed by atoms with E-state index in [1.165, 1.54) is 0 Å². The Labute approximate surface area is 179 Å². The fourth-order valence-electron chi connectivity index (χ4n) is 3.63. The van der Waals surface area contributed by atoms with Crippen LogP contribution in [0.1, 0.15) is 34.4 Å². The number of amides is 1. The Morgan fingerprint density at radius 2 is 1.76 bits per heavy atom. The van der Waals surface area contributed by atoms with Gasteiger partial charge >= 0.3 is 12.1 Å². The zero-order chi connectivity index (χ0) is 20.4. The lowest BCUT2D eigenvalue weighted by Crippen LogP contribution is -2.31. The number of aliphatic carboxylic acids is 1. The predicted molar refractivity (Wildman–Crippen MR) is 113 cm³/mol. The number of fused-ring (bicyclic) bond motifs is 3. The van der Waals surface area contributed by atoms with Crippen LogP contribution in [0.3, 0.4) is 0 Å². The summed E-state index contributed by atoms with van der Waals surface area (Å²) in [4.78, 5) is 24.3. The molecule has 2 N–H and O–H groups in total. The lowest BCUT2D eigenvalue weighted by atomic mass is 9.98. The third kappa shape index (κ3) is 4.04. The topological polar surface area (TPSA) is 88.5 Å². The summed E-state index contributed by atoms with van der Waals surface area (Å²) in [6.07, 6.45) is 0.664. The fourth-order valence-corrected chi connectivity index (χ4v) is 5.05. The molecule has 1 heterocycles. The smallest absolute Gasteiger partial charge is 0.407 e. The first-order valence-electron chi connectivity index (χ1n) is 8.98. The highest BCUT2D eigenvalue weighted by Crippen LogP contribution is 2.44. The number of hydrogen-bond donors (Lipinski definition) is 2. The number of ether oxygens (including phenoxy) is 1. The van der Waals surface area contributed by atoms with Gasteiger partial charge in [-0.25, -0.2) is 4.79 Å². The van der Waals surface area contributed by atoms with Gasteiger partial charge in [-0.05, 0) is 49.7 Å². The van der Waals surface area contributed by atoms with Crippen molar-refractivity contribution in [1.82, 2.24) is 9.69 Å². The minimum atomic E-state index is -1.02. The molecule has 1 aromatic heterocycles. The van der Waals surface area contributed by atoms with Crippen LogP contribution < -0.4 is 5.32 Å². The average molecular weight is 473 g/mol. The van der Waals surface area contributed by atoms with Crippen molar-refractivity contribution < 1.29 is 19.4 Å². The fraction of sp³-hybridized carbons (Fsp3) is 0.190. The Morgan fingerprint density at radius 1 is 1.14 bits per heavy atom. The normalized spacial score (nSPS) is 13.4. The van der Waals surface area contributed by atoms with Gasteiger partial charge in [-0.3, -0.25) is 4.79 Å². The van der Waals surface area contributed by atoms with Gasteiger partial charge in [0.05, 0.1) is 28.0 Å². The average Bonchev–Trinajstić information content (AvgIpc) is 3.27. The summed E-state index contributed by atoms with van der Waals surface area (Å²) in [6.45, 7) is 0.170. The van der Waals surface area contributed by atoms with Crippen molar-refractivity contribution in [2.24, 2.45) is 0 Å². The number of halogens is 1. The molecule has 29 heavy (non-hydrogen) atoms. The SMILES string of the molecule is O=C(O)CC(NC(=O)OCC1c2ccccc2-c2ccccc21)c1sncc1Br. The van der Waals surface area contributed by atoms with E-state index in [0.717, 1.165) is 33.8 Å². The monoisotopic (exact) mass is 472 g/mol. The van der Waals surface area contributed by atoms with Crippen molar-refractivity contribution in [3.8, 4) is 11.1 Å². The molecule has 1 atom stereocenters. The molecule has 1 aliphatic carbocycles. The molecule has 6 nitrogen and oxygen atoms in total. The number of benzene rings is 2. The van der Waals surface area contributed by atoms with E-state index in [-0.39, 0.29) is 18.9 Å². The molecular weight excluding hydrogens is 456 g/mol. The Hall–Kier alpha value is -2.71. The van der Waals surface area contributed by atoms with Crippen LogP contribution in [0.5, 0.6) is 0 Å². The highest BCUT2D eigenvalue weighted by atomic mass is 79.9. The largest absolute Gasteiger partial charge is 0.481 e. The van der Waals surface area contributed by atoms with E-state index in [0.29, 0.717) is 9.35 Å². The van der Waals surface area contributed by atoms with Crippen molar-refractivity contribution in [2.75, 3.05) is 6.61 Å². The van der Waals surface area contributed by atoms with Crippen LogP contribution in [-0.2, 0) is 9.53 Å². The van der Waals surface area contributed by atoms with Crippen molar-refractivity contribution in [3.63, 3.8) is 0 Å². The summed E-state index contributed by atoms with van der Waals surface area (Å²) >= 11 is 4.47. The summed E-state index contributed by atoms with van der Waals surface area (Å²) in [5.74, 6) is -1.07. The molecule has 4 rings (SSSR count). The second-order valence-corrected chi connectivity index (χ2v) is 8.35. The first kappa shape index (κ1) is 19.6. The minimum Gasteiger partial charge on any atom is -0.481 e. The number of carboxylic acids is 1. The van der Waals surface area contributed by atoms with Crippen LogP contribution in [0.4, 0.5) is 4.79 Å². The van der Waals surface area contributed by atoms with Crippen LogP contribution in [0.15, 0.2) is 59.2 Å². The maximum atomic E-state index is 12.5.